The van der Waals surface area contributed by atoms with E-state index in [4.69, 9.17) is 14.2 Å². The molecule has 1 N–H and O–H groups in total. The zero-order chi connectivity index (χ0) is 19.7. The molecule has 0 amide bonds. The zero-order valence-electron chi connectivity index (χ0n) is 15.1. The Morgan fingerprint density at radius 1 is 1.25 bits per heavy atom. The third kappa shape index (κ3) is 3.33. The molecule has 2 aliphatic rings. The van der Waals surface area contributed by atoms with Crippen LogP contribution in [0.15, 0.2) is 47.5 Å². The predicted molar refractivity (Wildman–Crippen MR) is 94.6 cm³/mol. The van der Waals surface area contributed by atoms with Gasteiger partial charge >= 0.3 is 5.97 Å². The minimum Gasteiger partial charge on any atom is -0.464 e. The van der Waals surface area contributed by atoms with Gasteiger partial charge in [-0.15, -0.1) is 0 Å². The Labute approximate surface area is 160 Å². The maximum atomic E-state index is 12.6. The molecule has 0 saturated carbocycles. The van der Waals surface area contributed by atoms with Gasteiger partial charge in [-0.05, 0) is 0 Å². The number of carbonyl (C=O) groups excluding carboxylic acids is 1. The van der Waals surface area contributed by atoms with E-state index in [1.807, 2.05) is 30.3 Å². The maximum Gasteiger partial charge on any atom is 0.362 e. The van der Waals surface area contributed by atoms with Crippen LogP contribution in [0.5, 0.6) is 0 Å². The first kappa shape index (κ1) is 18.8. The van der Waals surface area contributed by atoms with Crippen molar-refractivity contribution in [3.8, 4) is 0 Å². The van der Waals surface area contributed by atoms with Crippen molar-refractivity contribution in [1.29, 1.82) is 0 Å². The van der Waals surface area contributed by atoms with Crippen molar-refractivity contribution >= 4 is 5.97 Å². The Morgan fingerprint density at radius 2 is 2.04 bits per heavy atom. The summed E-state index contributed by atoms with van der Waals surface area (Å²) in [7, 11) is 1.17. The fourth-order valence-corrected chi connectivity index (χ4v) is 3.48. The van der Waals surface area contributed by atoms with E-state index in [0.717, 1.165) is 5.56 Å². The molecule has 3 heterocycles. The van der Waals surface area contributed by atoms with Gasteiger partial charge in [0.05, 0.1) is 26.4 Å². The predicted octanol–water partition coefficient (Wildman–Crippen LogP) is 0.445. The fourth-order valence-electron chi connectivity index (χ4n) is 3.48. The molecule has 2 saturated heterocycles. The van der Waals surface area contributed by atoms with Gasteiger partial charge in [0.25, 0.3) is 5.56 Å². The van der Waals surface area contributed by atoms with Gasteiger partial charge in [0.15, 0.2) is 6.29 Å². The molecule has 1 unspecified atom stereocenters. The Hall–Kier alpha value is -2.59. The number of esters is 1. The monoisotopic (exact) mass is 388 g/mol. The Bertz CT molecular complexity index is 901. The molecule has 2 aliphatic heterocycles. The van der Waals surface area contributed by atoms with Gasteiger partial charge in [0.1, 0.15) is 18.3 Å². The standard InChI is InChI=1S/C19H20N2O7/c1-25-18(24)14-17(23)21(8-7-20-14)12-9-26-13-10-27-19(28-16(13)15(12)22)11-5-3-2-4-6-11/h2-8,12-13,15-16,19,22H,9-10H2,1H3/t12-,13-,15+,16+,19?/m1/s1. The summed E-state index contributed by atoms with van der Waals surface area (Å²) in [5.74, 6) is -0.838. The molecule has 0 aliphatic carbocycles. The largest absolute Gasteiger partial charge is 0.464 e. The van der Waals surface area contributed by atoms with Crippen molar-refractivity contribution < 1.29 is 28.8 Å². The van der Waals surface area contributed by atoms with E-state index in [0.29, 0.717) is 0 Å². The second-order valence-electron chi connectivity index (χ2n) is 6.59. The SMILES string of the molecule is COC(=O)c1nccn([C@@H]2CO[C@@H]3COC(c4ccccc4)O[C@@H]3[C@H]2O)c1=O. The summed E-state index contributed by atoms with van der Waals surface area (Å²) in [6, 6.07) is 8.63. The molecule has 1 aromatic carbocycles. The topological polar surface area (TPSA) is 109 Å². The summed E-state index contributed by atoms with van der Waals surface area (Å²) in [4.78, 5) is 28.2. The van der Waals surface area contributed by atoms with Crippen LogP contribution in [0.1, 0.15) is 28.4 Å². The lowest BCUT2D eigenvalue weighted by Crippen LogP contribution is -2.57. The van der Waals surface area contributed by atoms with Gasteiger partial charge < -0.3 is 28.6 Å². The number of fused-ring (bicyclic) bond motifs is 1. The summed E-state index contributed by atoms with van der Waals surface area (Å²) in [5, 5.41) is 10.9. The highest BCUT2D eigenvalue weighted by molar-refractivity contribution is 5.86. The summed E-state index contributed by atoms with van der Waals surface area (Å²) < 4.78 is 23.3. The van der Waals surface area contributed by atoms with E-state index in [1.165, 1.54) is 24.1 Å². The van der Waals surface area contributed by atoms with Crippen LogP contribution in [0.4, 0.5) is 0 Å². The number of benzene rings is 1. The van der Waals surface area contributed by atoms with Crippen molar-refractivity contribution in [2.75, 3.05) is 20.3 Å². The Balaban J connectivity index is 1.59. The second kappa shape index (κ2) is 7.80. The number of aliphatic hydroxyl groups is 1. The van der Waals surface area contributed by atoms with Gasteiger partial charge in [0, 0.05) is 18.0 Å². The van der Waals surface area contributed by atoms with Gasteiger partial charge in [-0.3, -0.25) is 4.79 Å². The number of aromatic nitrogens is 2. The molecule has 5 atom stereocenters. The van der Waals surface area contributed by atoms with Crippen molar-refractivity contribution in [2.45, 2.75) is 30.6 Å². The molecule has 28 heavy (non-hydrogen) atoms. The number of ether oxygens (including phenoxy) is 4. The fraction of sp³-hybridized carbons (Fsp3) is 0.421. The summed E-state index contributed by atoms with van der Waals surface area (Å²) in [6.07, 6.45) is -0.119. The molecule has 2 aromatic rings. The minimum atomic E-state index is -1.04. The first-order valence-electron chi connectivity index (χ1n) is 8.87. The highest BCUT2D eigenvalue weighted by Crippen LogP contribution is 2.34. The molecule has 0 radical (unpaired) electrons. The van der Waals surface area contributed by atoms with Crippen LogP contribution < -0.4 is 5.56 Å². The third-order valence-corrected chi connectivity index (χ3v) is 4.95. The van der Waals surface area contributed by atoms with E-state index >= 15 is 0 Å². The lowest BCUT2D eigenvalue weighted by molar-refractivity contribution is -0.306. The van der Waals surface area contributed by atoms with Crippen LogP contribution >= 0.6 is 0 Å². The molecule has 4 rings (SSSR count). The van der Waals surface area contributed by atoms with E-state index in [-0.39, 0.29) is 18.9 Å². The van der Waals surface area contributed by atoms with E-state index in [9.17, 15) is 14.7 Å². The number of hydrogen-bond donors (Lipinski definition) is 1. The number of rotatable bonds is 3. The molecule has 9 nitrogen and oxygen atoms in total. The lowest BCUT2D eigenvalue weighted by Gasteiger charge is -2.45. The Kier molecular flexibility index (Phi) is 5.23. The minimum absolute atomic E-state index is 0.0651. The number of aliphatic hydroxyl groups excluding tert-OH is 1. The smallest absolute Gasteiger partial charge is 0.362 e. The maximum absolute atomic E-state index is 12.6. The van der Waals surface area contributed by atoms with E-state index < -0.39 is 42.2 Å². The number of carbonyl (C=O) groups is 1. The highest BCUT2D eigenvalue weighted by atomic mass is 16.7. The van der Waals surface area contributed by atoms with E-state index in [2.05, 4.69) is 9.72 Å². The van der Waals surface area contributed by atoms with Crippen LogP contribution in [0, 0.1) is 0 Å². The van der Waals surface area contributed by atoms with Crippen LogP contribution in [-0.2, 0) is 18.9 Å². The Morgan fingerprint density at radius 3 is 2.79 bits per heavy atom. The first-order chi connectivity index (χ1) is 13.6. The average Bonchev–Trinajstić information content (AvgIpc) is 2.74. The highest BCUT2D eigenvalue weighted by Gasteiger charge is 2.46. The van der Waals surface area contributed by atoms with Crippen molar-refractivity contribution in [1.82, 2.24) is 9.55 Å². The summed E-state index contributed by atoms with van der Waals surface area (Å²) in [6.45, 7) is 0.322. The molecular weight excluding hydrogens is 368 g/mol. The van der Waals surface area contributed by atoms with Crippen LogP contribution in [0.3, 0.4) is 0 Å². The molecule has 2 fully saturated rings. The van der Waals surface area contributed by atoms with Crippen molar-refractivity contribution in [3.05, 3.63) is 64.3 Å². The first-order valence-corrected chi connectivity index (χ1v) is 8.87. The number of nitrogens with zero attached hydrogens (tertiary/aromatic N) is 2. The summed E-state index contributed by atoms with van der Waals surface area (Å²) in [5.41, 5.74) is -0.189. The molecule has 1 aromatic heterocycles. The molecule has 0 spiro atoms. The van der Waals surface area contributed by atoms with Crippen LogP contribution in [0.25, 0.3) is 0 Å². The molecule has 9 heteroatoms. The second-order valence-corrected chi connectivity index (χ2v) is 6.59. The lowest BCUT2D eigenvalue weighted by atomic mass is 9.96. The van der Waals surface area contributed by atoms with Crippen LogP contribution in [-0.4, -0.2) is 59.3 Å². The van der Waals surface area contributed by atoms with Crippen LogP contribution in [0.2, 0.25) is 0 Å². The summed E-state index contributed by atoms with van der Waals surface area (Å²) >= 11 is 0. The van der Waals surface area contributed by atoms with Crippen molar-refractivity contribution in [2.24, 2.45) is 0 Å². The van der Waals surface area contributed by atoms with Gasteiger partial charge in [0.2, 0.25) is 5.69 Å². The molecule has 148 valence electrons. The number of hydrogen-bond acceptors (Lipinski definition) is 8. The van der Waals surface area contributed by atoms with Crippen molar-refractivity contribution in [3.63, 3.8) is 0 Å². The normalized spacial score (nSPS) is 29.7. The third-order valence-electron chi connectivity index (χ3n) is 4.95. The molecular formula is C19H20N2O7. The van der Waals surface area contributed by atoms with Gasteiger partial charge in [-0.25, -0.2) is 9.78 Å². The molecule has 0 bridgehead atoms. The quantitative estimate of drug-likeness (QED) is 0.755. The van der Waals surface area contributed by atoms with E-state index in [1.54, 1.807) is 0 Å². The zero-order valence-corrected chi connectivity index (χ0v) is 15.1. The van der Waals surface area contributed by atoms with Gasteiger partial charge in [-0.1, -0.05) is 30.3 Å². The number of methoxy groups -OCH3 is 1. The average molecular weight is 388 g/mol. The van der Waals surface area contributed by atoms with Gasteiger partial charge in [-0.2, -0.15) is 0 Å².